The zero-order valence-corrected chi connectivity index (χ0v) is 13.8. The molecule has 122 valence electrons. The van der Waals surface area contributed by atoms with E-state index >= 15 is 0 Å². The maximum absolute atomic E-state index is 5.35. The molecule has 2 aromatic rings. The summed E-state index contributed by atoms with van der Waals surface area (Å²) >= 11 is 0. The molecule has 0 fully saturated rings. The van der Waals surface area contributed by atoms with Crippen LogP contribution in [0.5, 0.6) is 0 Å². The van der Waals surface area contributed by atoms with Crippen LogP contribution < -0.4 is 10.6 Å². The van der Waals surface area contributed by atoms with Gasteiger partial charge in [-0.05, 0) is 55.0 Å². The van der Waals surface area contributed by atoms with E-state index in [2.05, 4.69) is 35.8 Å². The normalized spacial score (nSPS) is 13.9. The molecule has 1 aromatic heterocycles. The predicted octanol–water partition coefficient (Wildman–Crippen LogP) is 3.07. The number of benzene rings is 1. The molecule has 0 unspecified atom stereocenters. The van der Waals surface area contributed by atoms with Crippen molar-refractivity contribution in [1.82, 2.24) is 10.6 Å². The summed E-state index contributed by atoms with van der Waals surface area (Å²) in [6, 6.07) is 10.7. The minimum absolute atomic E-state index is 0.712. The van der Waals surface area contributed by atoms with Crippen LogP contribution in [0.2, 0.25) is 0 Å². The average Bonchev–Trinajstić information content (AvgIpc) is 3.23. The third-order valence-electron chi connectivity index (χ3n) is 4.17. The Hall–Kier alpha value is -2.23. The van der Waals surface area contributed by atoms with Gasteiger partial charge in [0.05, 0.1) is 12.8 Å². The number of aryl methyl sites for hydroxylation is 2. The van der Waals surface area contributed by atoms with Gasteiger partial charge in [0.2, 0.25) is 0 Å². The van der Waals surface area contributed by atoms with Gasteiger partial charge in [0.25, 0.3) is 0 Å². The van der Waals surface area contributed by atoms with Crippen LogP contribution in [-0.4, -0.2) is 19.0 Å². The van der Waals surface area contributed by atoms with E-state index < -0.39 is 0 Å². The lowest BCUT2D eigenvalue weighted by Gasteiger charge is -2.11. The topological polar surface area (TPSA) is 49.6 Å². The lowest BCUT2D eigenvalue weighted by molar-refractivity contribution is 0.507. The summed E-state index contributed by atoms with van der Waals surface area (Å²) in [6.07, 6.45) is 6.31. The second-order valence-electron chi connectivity index (χ2n) is 5.91. The molecular formula is C19H25N3O. The first kappa shape index (κ1) is 15.7. The van der Waals surface area contributed by atoms with Crippen molar-refractivity contribution in [3.63, 3.8) is 0 Å². The zero-order chi connectivity index (χ0) is 15.9. The zero-order valence-electron chi connectivity index (χ0n) is 13.8. The molecule has 1 aromatic carbocycles. The van der Waals surface area contributed by atoms with Crippen molar-refractivity contribution in [2.75, 3.05) is 13.1 Å². The minimum Gasteiger partial charge on any atom is -0.469 e. The van der Waals surface area contributed by atoms with Gasteiger partial charge in [0.1, 0.15) is 5.76 Å². The van der Waals surface area contributed by atoms with E-state index in [-0.39, 0.29) is 0 Å². The SMILES string of the molecule is CCNC(=NCc1ccc2c(c1)CCC2)NCCc1ccco1. The summed E-state index contributed by atoms with van der Waals surface area (Å²) in [5, 5.41) is 6.65. The number of nitrogens with zero attached hydrogens (tertiary/aromatic N) is 1. The second kappa shape index (κ2) is 7.86. The van der Waals surface area contributed by atoms with Crippen LogP contribution in [0, 0.1) is 0 Å². The first-order valence-corrected chi connectivity index (χ1v) is 8.50. The maximum atomic E-state index is 5.35. The average molecular weight is 311 g/mol. The minimum atomic E-state index is 0.712. The largest absolute Gasteiger partial charge is 0.469 e. The highest BCUT2D eigenvalue weighted by Gasteiger charge is 2.10. The molecule has 4 nitrogen and oxygen atoms in total. The van der Waals surface area contributed by atoms with Gasteiger partial charge >= 0.3 is 0 Å². The van der Waals surface area contributed by atoms with Gasteiger partial charge in [0, 0.05) is 19.5 Å². The molecule has 0 aliphatic heterocycles. The fraction of sp³-hybridized carbons (Fsp3) is 0.421. The Bertz CT molecular complexity index is 647. The van der Waals surface area contributed by atoms with Crippen LogP contribution in [0.15, 0.2) is 46.0 Å². The van der Waals surface area contributed by atoms with Gasteiger partial charge in [-0.25, -0.2) is 4.99 Å². The Morgan fingerprint density at radius 1 is 1.17 bits per heavy atom. The van der Waals surface area contributed by atoms with E-state index in [1.807, 2.05) is 12.1 Å². The molecule has 1 aliphatic carbocycles. The van der Waals surface area contributed by atoms with Crippen LogP contribution >= 0.6 is 0 Å². The fourth-order valence-corrected chi connectivity index (χ4v) is 2.99. The summed E-state index contributed by atoms with van der Waals surface area (Å²) in [5.74, 6) is 1.85. The number of furan rings is 1. The van der Waals surface area contributed by atoms with Crippen molar-refractivity contribution >= 4 is 5.96 Å². The van der Waals surface area contributed by atoms with Gasteiger partial charge in [-0.15, -0.1) is 0 Å². The number of hydrogen-bond acceptors (Lipinski definition) is 2. The Morgan fingerprint density at radius 3 is 2.91 bits per heavy atom. The maximum Gasteiger partial charge on any atom is 0.191 e. The number of hydrogen-bond donors (Lipinski definition) is 2. The summed E-state index contributed by atoms with van der Waals surface area (Å²) in [7, 11) is 0. The van der Waals surface area contributed by atoms with Gasteiger partial charge in [0.15, 0.2) is 5.96 Å². The molecule has 0 spiro atoms. The van der Waals surface area contributed by atoms with Crippen LogP contribution in [0.3, 0.4) is 0 Å². The lowest BCUT2D eigenvalue weighted by Crippen LogP contribution is -2.38. The predicted molar refractivity (Wildman–Crippen MR) is 93.7 cm³/mol. The number of guanidine groups is 1. The third kappa shape index (κ3) is 4.38. The van der Waals surface area contributed by atoms with E-state index in [0.29, 0.717) is 6.54 Å². The van der Waals surface area contributed by atoms with Crippen LogP contribution in [0.25, 0.3) is 0 Å². The smallest absolute Gasteiger partial charge is 0.191 e. The summed E-state index contributed by atoms with van der Waals surface area (Å²) in [5.41, 5.74) is 4.31. The molecule has 0 saturated carbocycles. The lowest BCUT2D eigenvalue weighted by atomic mass is 10.1. The first-order chi connectivity index (χ1) is 11.3. The third-order valence-corrected chi connectivity index (χ3v) is 4.17. The monoisotopic (exact) mass is 311 g/mol. The number of rotatable bonds is 6. The van der Waals surface area contributed by atoms with Crippen molar-refractivity contribution in [3.05, 3.63) is 59.0 Å². The molecule has 0 amide bonds. The fourth-order valence-electron chi connectivity index (χ4n) is 2.99. The molecule has 23 heavy (non-hydrogen) atoms. The highest BCUT2D eigenvalue weighted by molar-refractivity contribution is 5.79. The highest BCUT2D eigenvalue weighted by atomic mass is 16.3. The molecule has 1 aliphatic rings. The second-order valence-corrected chi connectivity index (χ2v) is 5.91. The van der Waals surface area contributed by atoms with Gasteiger partial charge in [-0.2, -0.15) is 0 Å². The van der Waals surface area contributed by atoms with Gasteiger partial charge in [-0.1, -0.05) is 18.2 Å². The quantitative estimate of drug-likeness (QED) is 0.637. The summed E-state index contributed by atoms with van der Waals surface area (Å²) in [4.78, 5) is 4.69. The number of nitrogens with one attached hydrogen (secondary N) is 2. The molecule has 3 rings (SSSR count). The Morgan fingerprint density at radius 2 is 2.09 bits per heavy atom. The van der Waals surface area contributed by atoms with Crippen molar-refractivity contribution in [1.29, 1.82) is 0 Å². The molecule has 0 atom stereocenters. The van der Waals surface area contributed by atoms with Crippen LogP contribution in [0.4, 0.5) is 0 Å². The van der Waals surface area contributed by atoms with Gasteiger partial charge < -0.3 is 15.1 Å². The standard InChI is InChI=1S/C19H25N3O/c1-2-20-19(21-11-10-18-7-4-12-23-18)22-14-15-8-9-16-5-3-6-17(16)13-15/h4,7-9,12-13H,2-3,5-6,10-11,14H2,1H3,(H2,20,21,22). The van der Waals surface area contributed by atoms with Crippen molar-refractivity contribution < 1.29 is 4.42 Å². The Balaban J connectivity index is 1.55. The van der Waals surface area contributed by atoms with E-state index in [1.54, 1.807) is 6.26 Å². The molecule has 4 heteroatoms. The summed E-state index contributed by atoms with van der Waals surface area (Å²) < 4.78 is 5.35. The highest BCUT2D eigenvalue weighted by Crippen LogP contribution is 2.23. The van der Waals surface area contributed by atoms with Crippen molar-refractivity contribution in [2.45, 2.75) is 39.2 Å². The van der Waals surface area contributed by atoms with Crippen molar-refractivity contribution in [2.24, 2.45) is 4.99 Å². The Labute approximate surface area is 138 Å². The summed E-state index contributed by atoms with van der Waals surface area (Å²) in [6.45, 7) is 4.46. The van der Waals surface area contributed by atoms with Crippen LogP contribution in [0.1, 0.15) is 35.8 Å². The molecule has 0 bridgehead atoms. The van der Waals surface area contributed by atoms with E-state index in [4.69, 9.17) is 9.41 Å². The first-order valence-electron chi connectivity index (χ1n) is 8.50. The van der Waals surface area contributed by atoms with Crippen molar-refractivity contribution in [3.8, 4) is 0 Å². The molecular weight excluding hydrogens is 286 g/mol. The van der Waals surface area contributed by atoms with Crippen LogP contribution in [-0.2, 0) is 25.8 Å². The van der Waals surface area contributed by atoms with E-state index in [1.165, 1.54) is 36.0 Å². The molecule has 1 heterocycles. The Kier molecular flexibility index (Phi) is 5.35. The molecule has 0 radical (unpaired) electrons. The van der Waals surface area contributed by atoms with E-state index in [9.17, 15) is 0 Å². The number of aliphatic imine (C=N–C) groups is 1. The molecule has 2 N–H and O–H groups in total. The van der Waals surface area contributed by atoms with E-state index in [0.717, 1.165) is 31.2 Å². The number of fused-ring (bicyclic) bond motifs is 1. The van der Waals surface area contributed by atoms with Gasteiger partial charge in [-0.3, -0.25) is 0 Å². The molecule has 0 saturated heterocycles.